The van der Waals surface area contributed by atoms with E-state index in [9.17, 15) is 29.1 Å². The van der Waals surface area contributed by atoms with E-state index in [0.29, 0.717) is 58.5 Å². The molecule has 266 valence electrons. The number of phenolic OH excluding ortho intramolecular Hbond substituents is 1. The van der Waals surface area contributed by atoms with Gasteiger partial charge in [-0.1, -0.05) is 12.1 Å². The maximum absolute atomic E-state index is 12.7. The number of hydrogen-bond donors (Lipinski definition) is 7. The Labute approximate surface area is 276 Å². The second-order valence-electron chi connectivity index (χ2n) is 10.5. The first-order valence-corrected chi connectivity index (χ1v) is 15.7. The van der Waals surface area contributed by atoms with Crippen LogP contribution in [0.15, 0.2) is 24.3 Å². The molecule has 1 aromatic rings. The van der Waals surface area contributed by atoms with Crippen LogP contribution in [0.2, 0.25) is 0 Å². The number of hydrogen-bond acceptors (Lipinski definition) is 12. The number of carbonyl (C=O) groups is 5. The van der Waals surface area contributed by atoms with E-state index >= 15 is 0 Å². The van der Waals surface area contributed by atoms with E-state index in [1.165, 1.54) is 19.1 Å². The predicted molar refractivity (Wildman–Crippen MR) is 172 cm³/mol. The summed E-state index contributed by atoms with van der Waals surface area (Å²) in [7, 11) is 1.69. The molecule has 0 radical (unpaired) electrons. The van der Waals surface area contributed by atoms with Crippen molar-refractivity contribution in [3.05, 3.63) is 29.8 Å². The Morgan fingerprint density at radius 2 is 1.30 bits per heavy atom. The first-order chi connectivity index (χ1) is 22.6. The molecule has 0 spiro atoms. The van der Waals surface area contributed by atoms with Gasteiger partial charge >= 0.3 is 0 Å². The SMILES string of the molecule is CN[C@@H](CCCCNC(=O)COCCOCCNC(=O)COCCOCCNC(C)=O)C(=O)CN[C@@H](Cc1ccc(O)cc1)C(N)=O. The van der Waals surface area contributed by atoms with Crippen LogP contribution in [0.4, 0.5) is 0 Å². The lowest BCUT2D eigenvalue weighted by molar-refractivity contribution is -0.127. The summed E-state index contributed by atoms with van der Waals surface area (Å²) in [4.78, 5) is 58.9. The number of ketones is 1. The number of benzene rings is 1. The second kappa shape index (κ2) is 26.4. The summed E-state index contributed by atoms with van der Waals surface area (Å²) in [6, 6.07) is 5.29. The summed E-state index contributed by atoms with van der Waals surface area (Å²) < 4.78 is 21.1. The van der Waals surface area contributed by atoms with E-state index in [1.54, 1.807) is 19.2 Å². The van der Waals surface area contributed by atoms with Crippen LogP contribution in [0.1, 0.15) is 31.7 Å². The van der Waals surface area contributed by atoms with Crippen molar-refractivity contribution >= 4 is 29.4 Å². The zero-order chi connectivity index (χ0) is 34.7. The molecule has 0 saturated heterocycles. The van der Waals surface area contributed by atoms with Gasteiger partial charge in [-0.2, -0.15) is 0 Å². The zero-order valence-electron chi connectivity index (χ0n) is 27.5. The van der Waals surface area contributed by atoms with Gasteiger partial charge in [-0.05, 0) is 50.4 Å². The maximum Gasteiger partial charge on any atom is 0.246 e. The molecule has 0 aliphatic heterocycles. The van der Waals surface area contributed by atoms with Crippen LogP contribution in [0.3, 0.4) is 0 Å². The summed E-state index contributed by atoms with van der Waals surface area (Å²) in [5.74, 6) is -1.20. The van der Waals surface area contributed by atoms with E-state index in [4.69, 9.17) is 24.7 Å². The van der Waals surface area contributed by atoms with Crippen LogP contribution in [0, 0.1) is 0 Å². The number of nitrogens with two attached hydrogens (primary N) is 1. The van der Waals surface area contributed by atoms with Crippen molar-refractivity contribution in [1.82, 2.24) is 26.6 Å². The molecular formula is C31H52N6O10. The van der Waals surface area contributed by atoms with Crippen LogP contribution >= 0.6 is 0 Å². The van der Waals surface area contributed by atoms with Gasteiger partial charge in [-0.25, -0.2) is 0 Å². The standard InChI is InChI=1S/C31H52N6O10/c1-23(38)34-11-13-44-15-17-47-22-30(42)36-12-14-45-16-18-46-21-29(41)35-10-4-3-5-26(33-2)28(40)20-37-27(31(32)43)19-24-6-8-25(39)9-7-24/h6-9,26-27,33,37,39H,3-5,10-22H2,1-2H3,(H2,32,43)(H,34,38)(H,35,41)(H,36,42)/t26-,27-/m0/s1. The Bertz CT molecular complexity index is 1060. The van der Waals surface area contributed by atoms with Gasteiger partial charge in [0.25, 0.3) is 0 Å². The first kappa shape index (κ1) is 41.4. The number of nitrogens with one attached hydrogen (secondary N) is 5. The lowest BCUT2D eigenvalue weighted by Gasteiger charge is -2.19. The fourth-order valence-corrected chi connectivity index (χ4v) is 4.09. The lowest BCUT2D eigenvalue weighted by Crippen LogP contribution is -2.48. The van der Waals surface area contributed by atoms with E-state index < -0.39 is 18.0 Å². The average Bonchev–Trinajstić information content (AvgIpc) is 3.03. The minimum atomic E-state index is -0.726. The molecule has 0 saturated carbocycles. The molecule has 1 aromatic carbocycles. The van der Waals surface area contributed by atoms with Crippen LogP contribution < -0.4 is 32.3 Å². The highest BCUT2D eigenvalue weighted by Crippen LogP contribution is 2.11. The predicted octanol–water partition coefficient (Wildman–Crippen LogP) is -1.86. The first-order valence-electron chi connectivity index (χ1n) is 15.7. The van der Waals surface area contributed by atoms with Crippen molar-refractivity contribution in [3.8, 4) is 5.75 Å². The number of Topliss-reactive ketones (excluding diaryl/α,β-unsaturated/α-hetero) is 1. The summed E-state index contributed by atoms with van der Waals surface area (Å²) in [5.41, 5.74) is 6.30. The van der Waals surface area contributed by atoms with Gasteiger partial charge in [0.2, 0.25) is 23.6 Å². The normalized spacial score (nSPS) is 12.2. The van der Waals surface area contributed by atoms with Gasteiger partial charge in [0.05, 0.1) is 58.3 Å². The minimum absolute atomic E-state index is 0.0284. The van der Waals surface area contributed by atoms with Gasteiger partial charge in [0, 0.05) is 26.6 Å². The fraction of sp³-hybridized carbons (Fsp3) is 0.645. The molecule has 16 heteroatoms. The van der Waals surface area contributed by atoms with Crippen molar-refractivity contribution in [2.75, 3.05) is 86.1 Å². The molecule has 0 aliphatic rings. The summed E-state index contributed by atoms with van der Waals surface area (Å²) in [5, 5.41) is 23.4. The van der Waals surface area contributed by atoms with E-state index in [1.807, 2.05) is 0 Å². The smallest absolute Gasteiger partial charge is 0.246 e. The number of primary amides is 1. The van der Waals surface area contributed by atoms with Gasteiger partial charge in [-0.15, -0.1) is 0 Å². The van der Waals surface area contributed by atoms with Gasteiger partial charge < -0.3 is 51.1 Å². The number of rotatable bonds is 29. The number of ether oxygens (including phenoxy) is 4. The third-order valence-corrected chi connectivity index (χ3v) is 6.62. The van der Waals surface area contributed by atoms with Gasteiger partial charge in [0.15, 0.2) is 5.78 Å². The van der Waals surface area contributed by atoms with Crippen LogP contribution in [0.5, 0.6) is 5.75 Å². The number of unbranched alkanes of at least 4 members (excludes halogenated alkanes) is 1. The second-order valence-corrected chi connectivity index (χ2v) is 10.5. The van der Waals surface area contributed by atoms with Crippen LogP contribution in [0.25, 0.3) is 0 Å². The van der Waals surface area contributed by atoms with Crippen molar-refractivity contribution in [3.63, 3.8) is 0 Å². The highest BCUT2D eigenvalue weighted by molar-refractivity contribution is 5.87. The highest BCUT2D eigenvalue weighted by atomic mass is 16.5. The quantitative estimate of drug-likeness (QED) is 0.0467. The number of amides is 4. The molecule has 0 bridgehead atoms. The Kier molecular flexibility index (Phi) is 23.2. The Morgan fingerprint density at radius 3 is 1.85 bits per heavy atom. The van der Waals surface area contributed by atoms with Gasteiger partial charge in [-0.3, -0.25) is 29.3 Å². The summed E-state index contributed by atoms with van der Waals surface area (Å²) >= 11 is 0. The van der Waals surface area contributed by atoms with Crippen molar-refractivity contribution in [2.24, 2.45) is 5.73 Å². The minimum Gasteiger partial charge on any atom is -0.508 e. The molecule has 1 rings (SSSR count). The molecule has 0 unspecified atom stereocenters. The zero-order valence-corrected chi connectivity index (χ0v) is 27.5. The van der Waals surface area contributed by atoms with E-state index in [0.717, 1.165) is 5.56 Å². The molecule has 2 atom stereocenters. The molecule has 16 nitrogen and oxygen atoms in total. The maximum atomic E-state index is 12.7. The largest absolute Gasteiger partial charge is 0.508 e. The molecule has 47 heavy (non-hydrogen) atoms. The molecule has 0 aliphatic carbocycles. The third-order valence-electron chi connectivity index (χ3n) is 6.62. The lowest BCUT2D eigenvalue weighted by atomic mass is 10.0. The molecule has 0 aromatic heterocycles. The average molecular weight is 669 g/mol. The fourth-order valence-electron chi connectivity index (χ4n) is 4.09. The van der Waals surface area contributed by atoms with Gasteiger partial charge in [0.1, 0.15) is 19.0 Å². The Morgan fingerprint density at radius 1 is 0.745 bits per heavy atom. The number of likely N-dealkylation sites (N-methyl/N-ethyl adjacent to an activating group) is 1. The number of carbonyl (C=O) groups excluding carboxylic acids is 5. The molecule has 4 amide bonds. The third kappa shape index (κ3) is 22.5. The molecule has 8 N–H and O–H groups in total. The monoisotopic (exact) mass is 668 g/mol. The molecule has 0 fully saturated rings. The summed E-state index contributed by atoms with van der Waals surface area (Å²) in [6.45, 7) is 4.08. The van der Waals surface area contributed by atoms with Crippen LogP contribution in [-0.2, 0) is 49.3 Å². The molecular weight excluding hydrogens is 616 g/mol. The van der Waals surface area contributed by atoms with E-state index in [2.05, 4.69) is 26.6 Å². The van der Waals surface area contributed by atoms with Crippen molar-refractivity contribution < 1.29 is 48.0 Å². The molecule has 0 heterocycles. The van der Waals surface area contributed by atoms with Crippen LogP contribution in [-0.4, -0.2) is 133 Å². The topological polar surface area (TPSA) is 229 Å². The highest BCUT2D eigenvalue weighted by Gasteiger charge is 2.20. The summed E-state index contributed by atoms with van der Waals surface area (Å²) in [6.07, 6.45) is 2.22. The van der Waals surface area contributed by atoms with Crippen molar-refractivity contribution in [2.45, 2.75) is 44.7 Å². The number of phenols is 1. The van der Waals surface area contributed by atoms with Crippen molar-refractivity contribution in [1.29, 1.82) is 0 Å². The number of aromatic hydroxyl groups is 1. The Balaban J connectivity index is 2.02. The Hall–Kier alpha value is -3.67. The van der Waals surface area contributed by atoms with E-state index in [-0.39, 0.29) is 75.4 Å².